The molecule has 0 saturated carbocycles. The van der Waals surface area contributed by atoms with Crippen LogP contribution < -0.4 is 42.5 Å². The average molecular weight is 1650 g/mol. The number of unbranched alkanes of at least 4 members (excludes halogenated alkanes) is 5. The Morgan fingerprint density at radius 1 is 0.411 bits per heavy atom. The Hall–Kier alpha value is -5.09. The normalized spacial score (nSPS) is 25.2. The van der Waals surface area contributed by atoms with E-state index in [4.69, 9.17) is 75.9 Å². The van der Waals surface area contributed by atoms with E-state index in [1.165, 1.54) is 13.8 Å². The maximum absolute atomic E-state index is 14.4. The van der Waals surface area contributed by atoms with Crippen LogP contribution in [0.4, 0.5) is 0 Å². The molecule has 17 unspecified atom stereocenters. The number of rotatable bonds is 64. The summed E-state index contributed by atoms with van der Waals surface area (Å²) in [7, 11) is -3.11. The van der Waals surface area contributed by atoms with Crippen molar-refractivity contribution in [2.45, 2.75) is 202 Å². The first-order chi connectivity index (χ1) is 53.7. The molecule has 45 heteroatoms. The summed E-state index contributed by atoms with van der Waals surface area (Å²) in [5, 5.41) is 122. The van der Waals surface area contributed by atoms with E-state index in [1.807, 2.05) is 0 Å². The second kappa shape index (κ2) is 59.5. The highest BCUT2D eigenvalue weighted by molar-refractivity contribution is 7.47. The number of aliphatic hydroxyl groups is 10. The van der Waals surface area contributed by atoms with E-state index in [0.29, 0.717) is 38.5 Å². The highest BCUT2D eigenvalue weighted by atomic mass is 31.2. The Morgan fingerprint density at radius 3 is 1.25 bits per heavy atom. The Kier molecular flexibility index (Phi) is 53.8. The molecule has 652 valence electrons. The third-order valence-electron chi connectivity index (χ3n) is 17.0. The molecule has 19 atom stereocenters. The number of ether oxygens (including phenoxy) is 14. The van der Waals surface area contributed by atoms with Gasteiger partial charge in [0.2, 0.25) is 47.3 Å². The smallest absolute Gasteiger partial charge is 0.394 e. The van der Waals surface area contributed by atoms with Crippen LogP contribution in [0.3, 0.4) is 0 Å². The molecule has 44 nitrogen and oxygen atoms in total. The summed E-state index contributed by atoms with van der Waals surface area (Å²) >= 11 is 0. The lowest BCUT2D eigenvalue weighted by Gasteiger charge is -2.43. The second-order valence-corrected chi connectivity index (χ2v) is 27.6. The molecule has 3 aliphatic rings. The van der Waals surface area contributed by atoms with E-state index >= 15 is 0 Å². The van der Waals surface area contributed by atoms with Gasteiger partial charge in [-0.2, -0.15) is 0 Å². The van der Waals surface area contributed by atoms with Crippen molar-refractivity contribution in [3.8, 4) is 0 Å². The number of carbonyl (C=O) groups is 8. The van der Waals surface area contributed by atoms with Gasteiger partial charge in [-0.1, -0.05) is 12.8 Å². The van der Waals surface area contributed by atoms with Crippen molar-refractivity contribution < 1.29 is 174 Å². The minimum atomic E-state index is -4.16. The summed E-state index contributed by atoms with van der Waals surface area (Å²) in [5.74, 6) is -4.68. The molecule has 3 rings (SSSR count). The Balaban J connectivity index is 1.63. The van der Waals surface area contributed by atoms with Gasteiger partial charge in [-0.25, -0.2) is 4.57 Å². The van der Waals surface area contributed by atoms with Gasteiger partial charge in [-0.05, 0) is 51.4 Å². The van der Waals surface area contributed by atoms with Crippen LogP contribution in [0.5, 0.6) is 0 Å². The fraction of sp³-hybridized carbons (Fsp3) is 0.881. The van der Waals surface area contributed by atoms with Gasteiger partial charge >= 0.3 is 7.82 Å². The number of amides is 8. The van der Waals surface area contributed by atoms with Crippen LogP contribution in [0.15, 0.2) is 0 Å². The van der Waals surface area contributed by atoms with Crippen LogP contribution in [0.2, 0.25) is 0 Å². The van der Waals surface area contributed by atoms with Gasteiger partial charge < -0.3 is 165 Å². The minimum absolute atomic E-state index is 0.00221. The van der Waals surface area contributed by atoms with Gasteiger partial charge in [-0.3, -0.25) is 47.4 Å². The number of hydrogen-bond acceptors (Lipinski definition) is 35. The van der Waals surface area contributed by atoms with E-state index in [9.17, 15) is 93.8 Å². The molecule has 3 saturated heterocycles. The molecule has 3 fully saturated rings. The number of phosphoric acid groups is 1. The van der Waals surface area contributed by atoms with E-state index in [1.54, 1.807) is 0 Å². The van der Waals surface area contributed by atoms with Crippen molar-refractivity contribution in [3.63, 3.8) is 0 Å². The fourth-order valence-corrected chi connectivity index (χ4v) is 11.7. The molecule has 8 amide bonds. The topological polar surface area (TPSA) is 620 Å². The van der Waals surface area contributed by atoms with Gasteiger partial charge in [0.05, 0.1) is 151 Å². The van der Waals surface area contributed by atoms with Gasteiger partial charge in [0.25, 0.3) is 0 Å². The van der Waals surface area contributed by atoms with Crippen LogP contribution in [0, 0.1) is 0 Å². The van der Waals surface area contributed by atoms with Crippen LogP contribution in [-0.4, -0.2) is 392 Å². The molecular formula is C67H123N8O36P. The van der Waals surface area contributed by atoms with Crippen molar-refractivity contribution in [3.05, 3.63) is 0 Å². The van der Waals surface area contributed by atoms with Crippen molar-refractivity contribution in [1.29, 1.82) is 0 Å². The summed E-state index contributed by atoms with van der Waals surface area (Å²) in [6.07, 6.45) is -15.0. The Labute approximate surface area is 650 Å². The zero-order valence-electron chi connectivity index (χ0n) is 64.1. The van der Waals surface area contributed by atoms with Crippen molar-refractivity contribution in [2.24, 2.45) is 0 Å². The summed E-state index contributed by atoms with van der Waals surface area (Å²) in [6.45, 7) is 1.21. The molecule has 0 aromatic carbocycles. The molecule has 112 heavy (non-hydrogen) atoms. The van der Waals surface area contributed by atoms with Crippen molar-refractivity contribution in [2.75, 3.05) is 179 Å². The van der Waals surface area contributed by atoms with E-state index in [0.717, 1.165) is 14.0 Å². The summed E-state index contributed by atoms with van der Waals surface area (Å²) in [4.78, 5) is 113. The zero-order valence-corrected chi connectivity index (χ0v) is 65.0. The molecule has 3 aliphatic heterocycles. The minimum Gasteiger partial charge on any atom is -0.394 e. The first kappa shape index (κ1) is 101. The van der Waals surface area contributed by atoms with Crippen LogP contribution in [0.25, 0.3) is 0 Å². The predicted octanol–water partition coefficient (Wildman–Crippen LogP) is -8.27. The van der Waals surface area contributed by atoms with Gasteiger partial charge in [0, 0.05) is 47.5 Å². The van der Waals surface area contributed by atoms with E-state index < -0.39 is 192 Å². The Morgan fingerprint density at radius 2 is 0.795 bits per heavy atom. The standard InChI is InChI=1S/C67H123N8O36P/c1-42(80)71-54-60(89)57(86)48(36-77)109-65(54)105-33-31-100-23-21-98-26-29-103-40-52(84)69-16-11-7-13-46(63(92)70-17-9-5-6-12-19-107-112(94,95)96-4)75-64(93)47(74-53(85)41-104-30-27-99-22-24-101-32-34-106-66-55(72-43(2)81)61(90)58(87)49(37-78)110-66)14-8-10-15-68-51(83)35-45(39-102-28-25-97-20-18-76)108-67-56(73-44(3)82)62(91)59(88)50(38-79)111-67/h45-50,54-62,65-67,76-79,86-91H,5-41H2,1-4H3,(H,68,83)(H,69,84)(H,70,92)(H,71,80)(H,72,81)(H,73,82)(H,74,85)(H,75,93)(H,94,95)/t45?,46-,47-,48?,49?,50?,54?,55?,56?,57?,58?,59?,60?,61?,62?,65?,66?,67?/m0/s1. The van der Waals surface area contributed by atoms with Crippen LogP contribution in [0.1, 0.15) is 91.4 Å². The molecule has 0 aliphatic carbocycles. The highest BCUT2D eigenvalue weighted by Crippen LogP contribution is 2.42. The molecule has 0 aromatic heterocycles. The van der Waals surface area contributed by atoms with E-state index in [-0.39, 0.29) is 177 Å². The van der Waals surface area contributed by atoms with Crippen LogP contribution >= 0.6 is 7.82 Å². The highest BCUT2D eigenvalue weighted by Gasteiger charge is 2.48. The first-order valence-corrected chi connectivity index (χ1v) is 38.9. The number of hydrogen-bond donors (Lipinski definition) is 19. The molecule has 3 heterocycles. The molecular weight excluding hydrogens is 1520 g/mol. The first-order valence-electron chi connectivity index (χ1n) is 37.4. The average Bonchev–Trinajstić information content (AvgIpc) is 0.818. The lowest BCUT2D eigenvalue weighted by atomic mass is 9.97. The molecule has 0 spiro atoms. The molecule has 0 bridgehead atoms. The van der Waals surface area contributed by atoms with Crippen LogP contribution in [-0.2, 0) is 118 Å². The molecule has 0 radical (unpaired) electrons. The van der Waals surface area contributed by atoms with Gasteiger partial charge in [0.1, 0.15) is 98.4 Å². The number of aliphatic hydroxyl groups excluding tert-OH is 10. The summed E-state index contributed by atoms with van der Waals surface area (Å²) in [6, 6.07) is -6.02. The van der Waals surface area contributed by atoms with Crippen molar-refractivity contribution in [1.82, 2.24) is 42.5 Å². The Bertz CT molecular complexity index is 2680. The SMILES string of the molecule is COP(=O)(O)OCCCCCCNC(=O)[C@H](CCCCNC(=O)COCCOCCOCCOC1OC(CO)C(O)C(O)C1NC(C)=O)NC(=O)[C@H](CCCCNC(=O)CC(COCCOCCO)OC1OC(CO)C(O)C(O)C1NC(C)=O)NC(=O)COCCOCCOCCOC1OC(CO)C(O)C(O)C1NC(C)=O. The third kappa shape index (κ3) is 42.2. The molecule has 19 N–H and O–H groups in total. The van der Waals surface area contributed by atoms with Crippen molar-refractivity contribution >= 4 is 55.1 Å². The van der Waals surface area contributed by atoms with E-state index in [2.05, 4.69) is 47.1 Å². The number of carbonyl (C=O) groups excluding carboxylic acids is 8. The lowest BCUT2D eigenvalue weighted by molar-refractivity contribution is -0.285. The summed E-state index contributed by atoms with van der Waals surface area (Å²) in [5.41, 5.74) is 0. The third-order valence-corrected chi connectivity index (χ3v) is 18.0. The van der Waals surface area contributed by atoms with Gasteiger partial charge in [0.15, 0.2) is 18.9 Å². The second-order valence-electron chi connectivity index (χ2n) is 26.0. The fourth-order valence-electron chi connectivity index (χ4n) is 11.2. The summed E-state index contributed by atoms with van der Waals surface area (Å²) < 4.78 is 99.0. The maximum Gasteiger partial charge on any atom is 0.471 e. The lowest BCUT2D eigenvalue weighted by Crippen LogP contribution is -2.65. The van der Waals surface area contributed by atoms with Gasteiger partial charge in [-0.15, -0.1) is 0 Å². The maximum atomic E-state index is 14.4. The predicted molar refractivity (Wildman–Crippen MR) is 383 cm³/mol. The molecule has 0 aromatic rings. The zero-order chi connectivity index (χ0) is 82.6. The quantitative estimate of drug-likeness (QED) is 0.0199. The number of phosphoric ester groups is 1. The number of nitrogens with one attached hydrogen (secondary N) is 8. The monoisotopic (exact) mass is 1650 g/mol. The largest absolute Gasteiger partial charge is 0.471 e.